The molecule has 5 nitrogen and oxygen atoms in total. The van der Waals surface area contributed by atoms with E-state index in [2.05, 4.69) is 22.5 Å². The Kier molecular flexibility index (Phi) is 6.01. The van der Waals surface area contributed by atoms with Crippen molar-refractivity contribution in [2.24, 2.45) is 0 Å². The Bertz CT molecular complexity index is 904. The van der Waals surface area contributed by atoms with Gasteiger partial charge in [-0.15, -0.1) is 0 Å². The molecule has 3 aromatic rings. The van der Waals surface area contributed by atoms with Gasteiger partial charge < -0.3 is 10.2 Å². The molecule has 1 aromatic heterocycles. The molecule has 3 rings (SSSR count). The number of rotatable bonds is 8. The summed E-state index contributed by atoms with van der Waals surface area (Å²) in [5.74, 6) is 1.40. The van der Waals surface area contributed by atoms with Crippen molar-refractivity contribution in [3.8, 4) is 5.75 Å². The lowest BCUT2D eigenvalue weighted by molar-refractivity contribution is 0.303. The normalized spacial score (nSPS) is 10.7. The number of H-pyrrole nitrogens is 1. The fourth-order valence-electron chi connectivity index (χ4n) is 2.58. The van der Waals surface area contributed by atoms with E-state index in [0.29, 0.717) is 17.9 Å². The largest absolute Gasteiger partial charge is 0.489 e. The van der Waals surface area contributed by atoms with E-state index in [1.54, 1.807) is 16.8 Å². The molecule has 0 amide bonds. The molecule has 0 aliphatic heterocycles. The molecular formula is C19H21FN4OS. The number of nitrogens with one attached hydrogen (secondary N) is 2. The third kappa shape index (κ3) is 4.49. The van der Waals surface area contributed by atoms with Crippen molar-refractivity contribution in [2.75, 3.05) is 5.43 Å². The fourth-order valence-corrected chi connectivity index (χ4v) is 2.80. The number of para-hydroxylation sites is 1. The molecule has 0 unspecified atom stereocenters. The summed E-state index contributed by atoms with van der Waals surface area (Å²) >= 11 is 5.28. The van der Waals surface area contributed by atoms with E-state index in [9.17, 15) is 4.39 Å². The molecule has 26 heavy (non-hydrogen) atoms. The summed E-state index contributed by atoms with van der Waals surface area (Å²) in [5, 5.41) is 7.06. The Balaban J connectivity index is 1.68. The molecule has 2 N–H and O–H groups in total. The first-order valence-electron chi connectivity index (χ1n) is 8.52. The van der Waals surface area contributed by atoms with Gasteiger partial charge in [0, 0.05) is 12.0 Å². The van der Waals surface area contributed by atoms with Gasteiger partial charge in [-0.05, 0) is 42.4 Å². The van der Waals surface area contributed by atoms with E-state index >= 15 is 0 Å². The SMILES string of the molecule is CCCc1n[nH]c(=S)n1NCc1ccccc1OCc1ccc(F)cc1. The van der Waals surface area contributed by atoms with Crippen LogP contribution in [0.2, 0.25) is 0 Å². The molecule has 0 atom stereocenters. The van der Waals surface area contributed by atoms with Crippen molar-refractivity contribution in [3.63, 3.8) is 0 Å². The molecule has 1 heterocycles. The Morgan fingerprint density at radius 1 is 1.19 bits per heavy atom. The molecule has 0 saturated carbocycles. The number of ether oxygens (including phenoxy) is 1. The summed E-state index contributed by atoms with van der Waals surface area (Å²) in [6, 6.07) is 14.1. The molecule has 0 fully saturated rings. The molecule has 0 aliphatic rings. The summed E-state index contributed by atoms with van der Waals surface area (Å²) in [4.78, 5) is 0. The zero-order valence-electron chi connectivity index (χ0n) is 14.5. The average Bonchev–Trinajstić information content (AvgIpc) is 3.00. The Morgan fingerprint density at radius 2 is 1.96 bits per heavy atom. The monoisotopic (exact) mass is 372 g/mol. The summed E-state index contributed by atoms with van der Waals surface area (Å²) < 4.78 is 21.3. The number of aryl methyl sites for hydroxylation is 1. The van der Waals surface area contributed by atoms with Gasteiger partial charge in [-0.1, -0.05) is 37.3 Å². The van der Waals surface area contributed by atoms with E-state index in [1.165, 1.54) is 12.1 Å². The molecular weight excluding hydrogens is 351 g/mol. The Morgan fingerprint density at radius 3 is 2.73 bits per heavy atom. The first-order valence-corrected chi connectivity index (χ1v) is 8.93. The van der Waals surface area contributed by atoms with Gasteiger partial charge in [0.15, 0.2) is 5.82 Å². The Hall–Kier alpha value is -2.67. The molecule has 0 spiro atoms. The van der Waals surface area contributed by atoms with Crippen LogP contribution >= 0.6 is 12.2 Å². The van der Waals surface area contributed by atoms with Gasteiger partial charge in [0.05, 0.1) is 6.54 Å². The van der Waals surface area contributed by atoms with Gasteiger partial charge >= 0.3 is 0 Å². The van der Waals surface area contributed by atoms with Crippen molar-refractivity contribution in [3.05, 3.63) is 76.1 Å². The van der Waals surface area contributed by atoms with Crippen LogP contribution < -0.4 is 10.2 Å². The second-order valence-corrected chi connectivity index (χ2v) is 6.27. The summed E-state index contributed by atoms with van der Waals surface area (Å²) in [7, 11) is 0. The number of aromatic amines is 1. The lowest BCUT2D eigenvalue weighted by Gasteiger charge is -2.14. The van der Waals surface area contributed by atoms with E-state index in [1.807, 2.05) is 24.3 Å². The van der Waals surface area contributed by atoms with Crippen molar-refractivity contribution in [2.45, 2.75) is 32.9 Å². The topological polar surface area (TPSA) is 54.9 Å². The van der Waals surface area contributed by atoms with E-state index in [4.69, 9.17) is 17.0 Å². The number of hydrogen-bond donors (Lipinski definition) is 2. The minimum Gasteiger partial charge on any atom is -0.489 e. The van der Waals surface area contributed by atoms with Crippen LogP contribution in [0.4, 0.5) is 4.39 Å². The van der Waals surface area contributed by atoms with Crippen LogP contribution in [0.5, 0.6) is 5.75 Å². The Labute approximate surface area is 156 Å². The third-order valence-corrected chi connectivity index (χ3v) is 4.20. The maximum Gasteiger partial charge on any atom is 0.214 e. The van der Waals surface area contributed by atoms with E-state index in [-0.39, 0.29) is 5.82 Å². The van der Waals surface area contributed by atoms with Gasteiger partial charge in [0.2, 0.25) is 4.77 Å². The standard InChI is InChI=1S/C19H21FN4OS/c1-2-5-18-22-23-19(26)24(18)21-12-15-6-3-4-7-17(15)25-13-14-8-10-16(20)11-9-14/h3-4,6-11,21H,2,5,12-13H2,1H3,(H,23,26). The number of nitrogens with zero attached hydrogens (tertiary/aromatic N) is 2. The lowest BCUT2D eigenvalue weighted by atomic mass is 10.2. The predicted octanol–water partition coefficient (Wildman–Crippen LogP) is 4.35. The van der Waals surface area contributed by atoms with Crippen LogP contribution in [-0.4, -0.2) is 14.9 Å². The number of hydrogen-bond acceptors (Lipinski definition) is 4. The van der Waals surface area contributed by atoms with Gasteiger partial charge in [0.25, 0.3) is 0 Å². The predicted molar refractivity (Wildman–Crippen MR) is 102 cm³/mol. The minimum atomic E-state index is -0.252. The fraction of sp³-hybridized carbons (Fsp3) is 0.263. The first-order chi connectivity index (χ1) is 12.7. The zero-order chi connectivity index (χ0) is 18.4. The van der Waals surface area contributed by atoms with Crippen LogP contribution in [0.3, 0.4) is 0 Å². The molecule has 7 heteroatoms. The summed E-state index contributed by atoms with van der Waals surface area (Å²) in [6.07, 6.45) is 1.82. The highest BCUT2D eigenvalue weighted by atomic mass is 32.1. The average molecular weight is 372 g/mol. The minimum absolute atomic E-state index is 0.252. The van der Waals surface area contributed by atoms with E-state index in [0.717, 1.165) is 35.5 Å². The van der Waals surface area contributed by atoms with Crippen LogP contribution in [-0.2, 0) is 19.6 Å². The lowest BCUT2D eigenvalue weighted by Crippen LogP contribution is -2.18. The number of halogens is 1. The highest BCUT2D eigenvalue weighted by Crippen LogP contribution is 2.20. The van der Waals surface area contributed by atoms with Crippen molar-refractivity contribution >= 4 is 12.2 Å². The first kappa shape index (κ1) is 18.1. The van der Waals surface area contributed by atoms with Crippen molar-refractivity contribution in [1.82, 2.24) is 14.9 Å². The van der Waals surface area contributed by atoms with E-state index < -0.39 is 0 Å². The van der Waals surface area contributed by atoms with Crippen LogP contribution in [0.1, 0.15) is 30.3 Å². The third-order valence-electron chi connectivity index (χ3n) is 3.92. The molecule has 0 radical (unpaired) electrons. The highest BCUT2D eigenvalue weighted by Gasteiger charge is 2.07. The maximum atomic E-state index is 13.0. The summed E-state index contributed by atoms with van der Waals surface area (Å²) in [6.45, 7) is 3.02. The van der Waals surface area contributed by atoms with Gasteiger partial charge in [-0.2, -0.15) is 5.10 Å². The van der Waals surface area contributed by atoms with Crippen LogP contribution in [0.25, 0.3) is 0 Å². The summed E-state index contributed by atoms with van der Waals surface area (Å²) in [5.41, 5.74) is 5.21. The van der Waals surface area contributed by atoms with Gasteiger partial charge in [-0.25, -0.2) is 9.07 Å². The quantitative estimate of drug-likeness (QED) is 0.577. The molecule has 2 aromatic carbocycles. The highest BCUT2D eigenvalue weighted by molar-refractivity contribution is 7.71. The second-order valence-electron chi connectivity index (χ2n) is 5.89. The number of aromatic nitrogens is 3. The zero-order valence-corrected chi connectivity index (χ0v) is 15.4. The van der Waals surface area contributed by atoms with Crippen LogP contribution in [0, 0.1) is 10.6 Å². The number of benzene rings is 2. The second kappa shape index (κ2) is 8.62. The van der Waals surface area contributed by atoms with Gasteiger partial charge in [-0.3, -0.25) is 5.10 Å². The molecule has 0 saturated heterocycles. The van der Waals surface area contributed by atoms with Gasteiger partial charge in [0.1, 0.15) is 18.2 Å². The van der Waals surface area contributed by atoms with Crippen molar-refractivity contribution in [1.29, 1.82) is 0 Å². The molecule has 136 valence electrons. The maximum absolute atomic E-state index is 13.0. The molecule has 0 bridgehead atoms. The van der Waals surface area contributed by atoms with Crippen LogP contribution in [0.15, 0.2) is 48.5 Å². The van der Waals surface area contributed by atoms with Crippen molar-refractivity contribution < 1.29 is 9.13 Å². The smallest absolute Gasteiger partial charge is 0.214 e. The molecule has 0 aliphatic carbocycles.